The van der Waals surface area contributed by atoms with Gasteiger partial charge < -0.3 is 9.32 Å². The van der Waals surface area contributed by atoms with E-state index >= 15 is 0 Å². The molecule has 2 aliphatic rings. The molecule has 0 bridgehead atoms. The maximum Gasteiger partial charge on any atom is 0.159 e. The van der Waals surface area contributed by atoms with Crippen LogP contribution < -0.4 is 4.90 Å². The van der Waals surface area contributed by atoms with Crippen molar-refractivity contribution in [1.29, 1.82) is 0 Å². The summed E-state index contributed by atoms with van der Waals surface area (Å²) in [5, 5.41) is 12.1. The van der Waals surface area contributed by atoms with Crippen molar-refractivity contribution in [2.24, 2.45) is 0 Å². The number of nitrogens with zero attached hydrogens (tertiary/aromatic N) is 1. The van der Waals surface area contributed by atoms with Crippen LogP contribution in [0.15, 0.2) is 205 Å². The second-order valence-corrected chi connectivity index (χ2v) is 19.6. The third kappa shape index (κ3) is 5.02. The Labute approximate surface area is 384 Å². The van der Waals surface area contributed by atoms with E-state index in [4.69, 9.17) is 4.42 Å². The van der Waals surface area contributed by atoms with Crippen LogP contribution in [-0.2, 0) is 10.8 Å². The zero-order chi connectivity index (χ0) is 44.1. The van der Waals surface area contributed by atoms with Crippen LogP contribution in [0.3, 0.4) is 0 Å². The topological polar surface area (TPSA) is 16.4 Å². The molecule has 1 aromatic heterocycles. The molecular weight excluding hydrogens is 799 g/mol. The summed E-state index contributed by atoms with van der Waals surface area (Å²) in [5.74, 6) is 0. The third-order valence-electron chi connectivity index (χ3n) is 15.4. The van der Waals surface area contributed by atoms with E-state index < -0.39 is 0 Å². The maximum absolute atomic E-state index is 7.49. The molecular formula is C64H45NO. The highest BCUT2D eigenvalue weighted by Gasteiger charge is 2.37. The first-order chi connectivity index (χ1) is 32.3. The fourth-order valence-electron chi connectivity index (χ4n) is 12.2. The minimum absolute atomic E-state index is 0.129. The van der Waals surface area contributed by atoms with Crippen LogP contribution in [0.4, 0.5) is 17.1 Å². The Balaban J connectivity index is 1.04. The summed E-state index contributed by atoms with van der Waals surface area (Å²) >= 11 is 0. The molecule has 14 rings (SSSR count). The highest BCUT2D eigenvalue weighted by molar-refractivity contribution is 6.26. The van der Waals surface area contributed by atoms with Gasteiger partial charge in [0.2, 0.25) is 0 Å². The average molecular weight is 844 g/mol. The van der Waals surface area contributed by atoms with Crippen LogP contribution >= 0.6 is 0 Å². The number of fused-ring (bicyclic) bond motifs is 16. The van der Waals surface area contributed by atoms with Gasteiger partial charge in [-0.05, 0) is 136 Å². The van der Waals surface area contributed by atoms with E-state index in [-0.39, 0.29) is 10.8 Å². The SMILES string of the molecule is CC1(C)c2ccccc2-c2ccc(-c3c4ccccc4cc4c3oc3c(N(c5ccc6c(c5)C(C)(C)c5ccccc5-6)c5ccc6c7ccccc7c7ccccc7c6c5)cccc34)cc21. The minimum atomic E-state index is -0.168. The van der Waals surface area contributed by atoms with Gasteiger partial charge in [-0.15, -0.1) is 0 Å². The van der Waals surface area contributed by atoms with Gasteiger partial charge in [0.15, 0.2) is 5.58 Å². The first kappa shape index (κ1) is 37.4. The monoisotopic (exact) mass is 843 g/mol. The van der Waals surface area contributed by atoms with E-state index in [1.54, 1.807) is 0 Å². The van der Waals surface area contributed by atoms with Crippen molar-refractivity contribution in [2.75, 3.05) is 4.90 Å². The molecule has 66 heavy (non-hydrogen) atoms. The summed E-state index contributed by atoms with van der Waals surface area (Å²) in [7, 11) is 0. The zero-order valence-electron chi connectivity index (χ0n) is 37.4. The number of hydrogen-bond donors (Lipinski definition) is 0. The fourth-order valence-corrected chi connectivity index (χ4v) is 12.2. The number of hydrogen-bond acceptors (Lipinski definition) is 2. The molecule has 1 heterocycles. The quantitative estimate of drug-likeness (QED) is 0.164. The molecule has 0 spiro atoms. The molecule has 2 nitrogen and oxygen atoms in total. The molecule has 0 aliphatic heterocycles. The van der Waals surface area contributed by atoms with Gasteiger partial charge in [-0.2, -0.15) is 0 Å². The summed E-state index contributed by atoms with van der Waals surface area (Å²) in [5.41, 5.74) is 17.6. The first-order valence-corrected chi connectivity index (χ1v) is 23.3. The van der Waals surface area contributed by atoms with Crippen molar-refractivity contribution in [3.05, 3.63) is 222 Å². The largest absolute Gasteiger partial charge is 0.453 e. The number of rotatable bonds is 4. The van der Waals surface area contributed by atoms with Gasteiger partial charge in [0.1, 0.15) is 5.58 Å². The second-order valence-electron chi connectivity index (χ2n) is 19.6. The molecule has 11 aromatic carbocycles. The van der Waals surface area contributed by atoms with Gasteiger partial charge in [-0.3, -0.25) is 0 Å². The summed E-state index contributed by atoms with van der Waals surface area (Å²) in [6.07, 6.45) is 0. The summed E-state index contributed by atoms with van der Waals surface area (Å²) in [6.45, 7) is 9.45. The standard InChI is InChI=1S/C64H45NO/c1-63(2)55-25-13-11-22-48(55)50-31-28-39(35-57(50)63)60-42-17-6-5-16-38(42)34-54-52-24-15-27-59(61(52)66-62(54)60)65(41-30-33-51-49-23-12-14-26-56(49)64(3,4)58(51)37-41)40-29-32-47-45-20-8-7-18-43(45)44-19-9-10-21-46(44)53(47)36-40/h5-37H,1-4H3. The lowest BCUT2D eigenvalue weighted by molar-refractivity contribution is 0.660. The van der Waals surface area contributed by atoms with Crippen molar-refractivity contribution in [2.45, 2.75) is 38.5 Å². The van der Waals surface area contributed by atoms with Gasteiger partial charge in [0, 0.05) is 38.5 Å². The van der Waals surface area contributed by atoms with Gasteiger partial charge in [-0.25, -0.2) is 0 Å². The van der Waals surface area contributed by atoms with E-state index in [1.165, 1.54) is 93.2 Å². The second kappa shape index (κ2) is 13.3. The maximum atomic E-state index is 7.49. The van der Waals surface area contributed by atoms with Crippen LogP contribution in [0.1, 0.15) is 49.9 Å². The Morgan fingerprint density at radius 3 is 1.52 bits per heavy atom. The minimum Gasteiger partial charge on any atom is -0.453 e. The van der Waals surface area contributed by atoms with Gasteiger partial charge >= 0.3 is 0 Å². The van der Waals surface area contributed by atoms with Crippen LogP contribution in [0.25, 0.3) is 98.4 Å². The van der Waals surface area contributed by atoms with Crippen LogP contribution in [0.2, 0.25) is 0 Å². The van der Waals surface area contributed by atoms with Gasteiger partial charge in [-0.1, -0.05) is 185 Å². The molecule has 0 fully saturated rings. The Bertz CT molecular complexity index is 4030. The number of benzene rings is 11. The first-order valence-electron chi connectivity index (χ1n) is 23.3. The Morgan fingerprint density at radius 1 is 0.333 bits per heavy atom. The molecule has 0 unspecified atom stereocenters. The molecule has 12 aromatic rings. The smallest absolute Gasteiger partial charge is 0.159 e. The zero-order valence-corrected chi connectivity index (χ0v) is 37.4. The molecule has 0 N–H and O–H groups in total. The predicted octanol–water partition coefficient (Wildman–Crippen LogP) is 17.9. The normalized spacial score (nSPS) is 14.3. The van der Waals surface area contributed by atoms with E-state index in [0.29, 0.717) is 0 Å². The predicted molar refractivity (Wildman–Crippen MR) is 279 cm³/mol. The lowest BCUT2D eigenvalue weighted by atomic mass is 9.81. The molecule has 0 saturated heterocycles. The highest BCUT2D eigenvalue weighted by atomic mass is 16.3. The van der Waals surface area contributed by atoms with Crippen LogP contribution in [0.5, 0.6) is 0 Å². The molecule has 2 heteroatoms. The average Bonchev–Trinajstić information content (AvgIpc) is 3.93. The van der Waals surface area contributed by atoms with Crippen molar-refractivity contribution >= 4 is 82.1 Å². The van der Waals surface area contributed by atoms with Crippen molar-refractivity contribution in [3.63, 3.8) is 0 Å². The number of para-hydroxylation sites is 1. The highest BCUT2D eigenvalue weighted by Crippen LogP contribution is 2.54. The Hall–Kier alpha value is -7.94. The summed E-state index contributed by atoms with van der Waals surface area (Å²) in [4.78, 5) is 2.45. The lowest BCUT2D eigenvalue weighted by Crippen LogP contribution is -2.16. The van der Waals surface area contributed by atoms with Crippen LogP contribution in [0, 0.1) is 0 Å². The molecule has 312 valence electrons. The summed E-state index contributed by atoms with van der Waals surface area (Å²) < 4.78 is 7.49. The van der Waals surface area contributed by atoms with Gasteiger partial charge in [0.05, 0.1) is 5.69 Å². The van der Waals surface area contributed by atoms with Crippen molar-refractivity contribution in [3.8, 4) is 33.4 Å². The third-order valence-corrected chi connectivity index (χ3v) is 15.4. The van der Waals surface area contributed by atoms with E-state index in [9.17, 15) is 0 Å². The summed E-state index contributed by atoms with van der Waals surface area (Å²) in [6, 6.07) is 74.5. The molecule has 0 saturated carbocycles. The van der Waals surface area contributed by atoms with E-state index in [2.05, 4.69) is 233 Å². The Morgan fingerprint density at radius 2 is 0.833 bits per heavy atom. The van der Waals surface area contributed by atoms with E-state index in [1.807, 2.05) is 0 Å². The molecule has 0 atom stereocenters. The van der Waals surface area contributed by atoms with Crippen molar-refractivity contribution in [1.82, 2.24) is 0 Å². The van der Waals surface area contributed by atoms with Gasteiger partial charge in [0.25, 0.3) is 0 Å². The molecule has 2 aliphatic carbocycles. The fraction of sp³-hybridized carbons (Fsp3) is 0.0938. The molecule has 0 amide bonds. The van der Waals surface area contributed by atoms with Crippen LogP contribution in [-0.4, -0.2) is 0 Å². The Kier molecular flexibility index (Phi) is 7.55. The van der Waals surface area contributed by atoms with E-state index in [0.717, 1.165) is 44.6 Å². The number of anilines is 3. The number of furan rings is 1. The van der Waals surface area contributed by atoms with Crippen molar-refractivity contribution < 1.29 is 4.42 Å². The molecule has 0 radical (unpaired) electrons. The lowest BCUT2D eigenvalue weighted by Gasteiger charge is -2.28.